The highest BCUT2D eigenvalue weighted by Crippen LogP contribution is 2.41. The van der Waals surface area contributed by atoms with Crippen molar-refractivity contribution in [3.63, 3.8) is 0 Å². The van der Waals surface area contributed by atoms with Crippen LogP contribution in [0.25, 0.3) is 12.2 Å². The standard InChI is InChI=1S/C30H21ClF2N2OS/c31-22-10-4-19(5-11-22)17-26-29(36)35-28(20-8-14-24(33)15-9-20)25-3-1-2-21(27(25)34-30(35)37-26)16-18-6-12-23(32)13-7-18/h4-17,28H,1-3H2. The van der Waals surface area contributed by atoms with Crippen molar-refractivity contribution in [1.29, 1.82) is 0 Å². The van der Waals surface area contributed by atoms with Crippen molar-refractivity contribution in [3.8, 4) is 0 Å². The second kappa shape index (κ2) is 9.69. The lowest BCUT2D eigenvalue weighted by Crippen LogP contribution is -2.39. The summed E-state index contributed by atoms with van der Waals surface area (Å²) in [5, 5.41) is 0.628. The van der Waals surface area contributed by atoms with Crippen LogP contribution in [0.15, 0.2) is 99.4 Å². The molecule has 1 aliphatic heterocycles. The van der Waals surface area contributed by atoms with Gasteiger partial charge >= 0.3 is 0 Å². The van der Waals surface area contributed by atoms with E-state index in [4.69, 9.17) is 16.6 Å². The molecule has 1 atom stereocenters. The van der Waals surface area contributed by atoms with Gasteiger partial charge in [-0.05, 0) is 95.6 Å². The zero-order chi connectivity index (χ0) is 25.5. The van der Waals surface area contributed by atoms with E-state index in [1.165, 1.54) is 35.6 Å². The average Bonchev–Trinajstić information content (AvgIpc) is 3.21. The Hall–Kier alpha value is -3.61. The van der Waals surface area contributed by atoms with Crippen LogP contribution in [0.4, 0.5) is 8.78 Å². The zero-order valence-corrected chi connectivity index (χ0v) is 21.2. The number of benzene rings is 3. The van der Waals surface area contributed by atoms with Crippen molar-refractivity contribution in [3.05, 3.63) is 143 Å². The van der Waals surface area contributed by atoms with Crippen LogP contribution >= 0.6 is 22.9 Å². The monoisotopic (exact) mass is 530 g/mol. The van der Waals surface area contributed by atoms with Gasteiger partial charge in [-0.1, -0.05) is 59.3 Å². The molecule has 2 heterocycles. The van der Waals surface area contributed by atoms with Gasteiger partial charge in [0.05, 0.1) is 16.3 Å². The Morgan fingerprint density at radius 3 is 2.19 bits per heavy atom. The molecule has 3 nitrogen and oxygen atoms in total. The molecule has 0 saturated heterocycles. The molecule has 0 N–H and O–H groups in total. The molecule has 7 heteroatoms. The maximum absolute atomic E-state index is 13.8. The summed E-state index contributed by atoms with van der Waals surface area (Å²) in [4.78, 5) is 19.3. The van der Waals surface area contributed by atoms with Crippen LogP contribution in [0, 0.1) is 11.6 Å². The van der Waals surface area contributed by atoms with E-state index in [1.54, 1.807) is 41.0 Å². The Morgan fingerprint density at radius 2 is 1.49 bits per heavy atom. The van der Waals surface area contributed by atoms with Crippen LogP contribution in [0.1, 0.15) is 42.0 Å². The Morgan fingerprint density at radius 1 is 0.865 bits per heavy atom. The van der Waals surface area contributed by atoms with Crippen molar-refractivity contribution in [2.75, 3.05) is 0 Å². The van der Waals surface area contributed by atoms with Crippen molar-refractivity contribution in [1.82, 2.24) is 4.57 Å². The molecule has 0 radical (unpaired) electrons. The summed E-state index contributed by atoms with van der Waals surface area (Å²) in [6, 6.07) is 19.7. The first kappa shape index (κ1) is 23.8. The Labute approximate surface area is 221 Å². The van der Waals surface area contributed by atoms with E-state index in [1.807, 2.05) is 24.3 Å². The van der Waals surface area contributed by atoms with Gasteiger partial charge in [-0.25, -0.2) is 13.8 Å². The summed E-state index contributed by atoms with van der Waals surface area (Å²) >= 11 is 7.37. The number of fused-ring (bicyclic) bond motifs is 1. The predicted octanol–water partition coefficient (Wildman–Crippen LogP) is 6.41. The summed E-state index contributed by atoms with van der Waals surface area (Å²) in [6.07, 6.45) is 6.40. The molecule has 3 aromatic carbocycles. The number of hydrogen-bond donors (Lipinski definition) is 0. The number of halogens is 3. The van der Waals surface area contributed by atoms with E-state index in [0.717, 1.165) is 52.8 Å². The van der Waals surface area contributed by atoms with E-state index < -0.39 is 0 Å². The molecule has 1 aliphatic carbocycles. The molecular formula is C30H21ClF2N2OS. The number of allylic oxidation sites excluding steroid dienone is 2. The van der Waals surface area contributed by atoms with Crippen molar-refractivity contribution < 1.29 is 8.78 Å². The highest BCUT2D eigenvalue weighted by Gasteiger charge is 2.32. The molecule has 184 valence electrons. The van der Waals surface area contributed by atoms with Crippen molar-refractivity contribution >= 4 is 35.1 Å². The molecule has 0 bridgehead atoms. The molecule has 0 saturated carbocycles. The molecular weight excluding hydrogens is 510 g/mol. The molecule has 4 aromatic rings. The van der Waals surface area contributed by atoms with Gasteiger partial charge in [0.25, 0.3) is 5.56 Å². The van der Waals surface area contributed by atoms with E-state index in [0.29, 0.717) is 14.4 Å². The lowest BCUT2D eigenvalue weighted by Gasteiger charge is -2.31. The lowest BCUT2D eigenvalue weighted by molar-refractivity contribution is 0.551. The Balaban J connectivity index is 1.57. The SMILES string of the molecule is O=c1c(=Cc2ccc(Cl)cc2)sc2n1C(c1ccc(F)cc1)C1=C(N=2)C(=Cc2ccc(F)cc2)CCC1. The summed E-state index contributed by atoms with van der Waals surface area (Å²) in [5.41, 5.74) is 5.43. The van der Waals surface area contributed by atoms with Crippen molar-refractivity contribution in [2.45, 2.75) is 25.3 Å². The largest absolute Gasteiger partial charge is 0.272 e. The molecule has 0 amide bonds. The second-order valence-electron chi connectivity index (χ2n) is 9.13. The van der Waals surface area contributed by atoms with Gasteiger partial charge in [0.2, 0.25) is 0 Å². The van der Waals surface area contributed by atoms with Crippen LogP contribution in [0.3, 0.4) is 0 Å². The van der Waals surface area contributed by atoms with E-state index in [9.17, 15) is 13.6 Å². The third-order valence-electron chi connectivity index (χ3n) is 6.70. The molecule has 0 fully saturated rings. The first-order valence-corrected chi connectivity index (χ1v) is 13.2. The topological polar surface area (TPSA) is 34.4 Å². The van der Waals surface area contributed by atoms with E-state index >= 15 is 0 Å². The fraction of sp³-hybridized carbons (Fsp3) is 0.133. The summed E-state index contributed by atoms with van der Waals surface area (Å²) in [7, 11) is 0. The molecule has 0 spiro atoms. The fourth-order valence-electron chi connectivity index (χ4n) is 4.97. The van der Waals surface area contributed by atoms with Gasteiger partial charge in [0.15, 0.2) is 4.80 Å². The van der Waals surface area contributed by atoms with E-state index in [-0.39, 0.29) is 23.2 Å². The highest BCUT2D eigenvalue weighted by molar-refractivity contribution is 7.07. The van der Waals surface area contributed by atoms with Crippen LogP contribution < -0.4 is 14.9 Å². The molecule has 1 aromatic heterocycles. The van der Waals surface area contributed by atoms with Gasteiger partial charge in [-0.2, -0.15) is 0 Å². The van der Waals surface area contributed by atoms with Gasteiger partial charge < -0.3 is 0 Å². The minimum Gasteiger partial charge on any atom is -0.272 e. The number of nitrogens with zero attached hydrogens (tertiary/aromatic N) is 2. The summed E-state index contributed by atoms with van der Waals surface area (Å²) in [5.74, 6) is -0.606. The number of rotatable bonds is 3. The average molecular weight is 531 g/mol. The van der Waals surface area contributed by atoms with Crippen LogP contribution in [0.5, 0.6) is 0 Å². The van der Waals surface area contributed by atoms with E-state index in [2.05, 4.69) is 0 Å². The first-order chi connectivity index (χ1) is 18.0. The third kappa shape index (κ3) is 4.63. The van der Waals surface area contributed by atoms with Crippen molar-refractivity contribution in [2.24, 2.45) is 4.99 Å². The van der Waals surface area contributed by atoms with Gasteiger partial charge in [0.1, 0.15) is 11.6 Å². The molecule has 37 heavy (non-hydrogen) atoms. The zero-order valence-electron chi connectivity index (χ0n) is 19.6. The van der Waals surface area contributed by atoms with Gasteiger partial charge in [-0.3, -0.25) is 9.36 Å². The quantitative estimate of drug-likeness (QED) is 0.301. The Bertz CT molecular complexity index is 1730. The molecule has 1 unspecified atom stereocenters. The van der Waals surface area contributed by atoms with Gasteiger partial charge in [-0.15, -0.1) is 0 Å². The maximum atomic E-state index is 13.8. The third-order valence-corrected chi connectivity index (χ3v) is 7.93. The Kier molecular flexibility index (Phi) is 6.22. The number of thiazole rings is 1. The van der Waals surface area contributed by atoms with Gasteiger partial charge in [0, 0.05) is 5.02 Å². The van der Waals surface area contributed by atoms with Crippen LogP contribution in [-0.4, -0.2) is 4.57 Å². The minimum atomic E-state index is -0.379. The summed E-state index contributed by atoms with van der Waals surface area (Å²) in [6.45, 7) is 0. The summed E-state index contributed by atoms with van der Waals surface area (Å²) < 4.78 is 29.6. The van der Waals surface area contributed by atoms with Crippen LogP contribution in [0.2, 0.25) is 5.02 Å². The van der Waals surface area contributed by atoms with Crippen LogP contribution in [-0.2, 0) is 0 Å². The number of hydrogen-bond acceptors (Lipinski definition) is 3. The predicted molar refractivity (Wildman–Crippen MR) is 144 cm³/mol. The molecule has 2 aliphatic rings. The fourth-order valence-corrected chi connectivity index (χ4v) is 6.10. The smallest absolute Gasteiger partial charge is 0.271 e. The maximum Gasteiger partial charge on any atom is 0.271 e. The second-order valence-corrected chi connectivity index (χ2v) is 10.6. The normalized spacial score (nSPS) is 18.5. The first-order valence-electron chi connectivity index (χ1n) is 12.0. The highest BCUT2D eigenvalue weighted by atomic mass is 35.5. The lowest BCUT2D eigenvalue weighted by atomic mass is 9.84. The number of aromatic nitrogens is 1. The minimum absolute atomic E-state index is 0.130. The molecule has 6 rings (SSSR count).